The Morgan fingerprint density at radius 2 is 2.27 bits per heavy atom. The van der Waals surface area contributed by atoms with E-state index in [0.29, 0.717) is 12.8 Å². The average molecular weight is 218 g/mol. The van der Waals surface area contributed by atoms with Crippen molar-refractivity contribution in [1.82, 2.24) is 0 Å². The molecule has 0 saturated carbocycles. The molecule has 0 spiro atoms. The number of esters is 1. The van der Waals surface area contributed by atoms with Crippen molar-refractivity contribution in [3.63, 3.8) is 0 Å². The minimum Gasteiger partial charge on any atom is -0.462 e. The second kappa shape index (κ2) is 6.05. The summed E-state index contributed by atoms with van der Waals surface area (Å²) in [6.07, 6.45) is 0.133. The first kappa shape index (κ1) is 12.4. The lowest BCUT2D eigenvalue weighted by atomic mass is 10.1. The van der Waals surface area contributed by atoms with Gasteiger partial charge in [0.15, 0.2) is 6.29 Å². The van der Waals surface area contributed by atoms with E-state index in [1.165, 1.54) is 0 Å². The average Bonchev–Trinajstić information content (AvgIpc) is 2.17. The number of carbonyl (C=O) groups excluding carboxylic acids is 1. The standard InChI is InChI=1S/C10H18O5/c1-2-3-9(12)14-7-4-8(6-11)15-10(13)5-7/h7-8,10-11,13H,2-6H2,1H3/t7-,8?,10?/m0/s1. The first-order chi connectivity index (χ1) is 7.15. The second-order valence-corrected chi connectivity index (χ2v) is 3.73. The third-order valence-electron chi connectivity index (χ3n) is 2.30. The van der Waals surface area contributed by atoms with Crippen LogP contribution in [0.1, 0.15) is 32.6 Å². The van der Waals surface area contributed by atoms with Gasteiger partial charge in [-0.15, -0.1) is 0 Å². The van der Waals surface area contributed by atoms with E-state index >= 15 is 0 Å². The molecule has 5 nitrogen and oxygen atoms in total. The molecule has 0 aliphatic carbocycles. The molecule has 1 heterocycles. The lowest BCUT2D eigenvalue weighted by Gasteiger charge is -2.31. The molecule has 1 aliphatic heterocycles. The van der Waals surface area contributed by atoms with Gasteiger partial charge in [0.2, 0.25) is 0 Å². The fourth-order valence-electron chi connectivity index (χ4n) is 1.61. The van der Waals surface area contributed by atoms with Crippen molar-refractivity contribution < 1.29 is 24.5 Å². The number of aliphatic hydroxyl groups is 2. The van der Waals surface area contributed by atoms with Crippen LogP contribution in [0.15, 0.2) is 0 Å². The Balaban J connectivity index is 2.37. The predicted octanol–water partition coefficient (Wildman–Crippen LogP) is 0.188. The Hall–Kier alpha value is -0.650. The Morgan fingerprint density at radius 3 is 2.87 bits per heavy atom. The molecule has 5 heteroatoms. The van der Waals surface area contributed by atoms with Crippen LogP contribution >= 0.6 is 0 Å². The number of aliphatic hydroxyl groups excluding tert-OH is 2. The van der Waals surface area contributed by atoms with Crippen LogP contribution in [0.2, 0.25) is 0 Å². The number of carbonyl (C=O) groups is 1. The topological polar surface area (TPSA) is 76.0 Å². The van der Waals surface area contributed by atoms with Crippen LogP contribution in [0.25, 0.3) is 0 Å². The van der Waals surface area contributed by atoms with Crippen molar-refractivity contribution >= 4 is 5.97 Å². The van der Waals surface area contributed by atoms with Gasteiger partial charge in [0.1, 0.15) is 6.10 Å². The maximum absolute atomic E-state index is 11.2. The minimum absolute atomic E-state index is 0.168. The fourth-order valence-corrected chi connectivity index (χ4v) is 1.61. The van der Waals surface area contributed by atoms with Gasteiger partial charge in [0.05, 0.1) is 12.7 Å². The molecule has 88 valence electrons. The summed E-state index contributed by atoms with van der Waals surface area (Å²) in [6, 6.07) is 0. The molecular weight excluding hydrogens is 200 g/mol. The summed E-state index contributed by atoms with van der Waals surface area (Å²) >= 11 is 0. The summed E-state index contributed by atoms with van der Waals surface area (Å²) in [5.74, 6) is -0.256. The van der Waals surface area contributed by atoms with E-state index in [1.54, 1.807) is 0 Å². The van der Waals surface area contributed by atoms with Gasteiger partial charge in [-0.2, -0.15) is 0 Å². The molecule has 1 saturated heterocycles. The maximum Gasteiger partial charge on any atom is 0.306 e. The Morgan fingerprint density at radius 1 is 1.53 bits per heavy atom. The molecule has 0 radical (unpaired) electrons. The predicted molar refractivity (Wildman–Crippen MR) is 52.0 cm³/mol. The normalized spacial score (nSPS) is 31.3. The van der Waals surface area contributed by atoms with Crippen LogP contribution in [0, 0.1) is 0 Å². The zero-order valence-corrected chi connectivity index (χ0v) is 8.89. The van der Waals surface area contributed by atoms with Crippen molar-refractivity contribution in [3.05, 3.63) is 0 Å². The summed E-state index contributed by atoms with van der Waals surface area (Å²) in [4.78, 5) is 11.2. The van der Waals surface area contributed by atoms with E-state index in [2.05, 4.69) is 0 Å². The minimum atomic E-state index is -0.949. The summed E-state index contributed by atoms with van der Waals surface area (Å²) in [7, 11) is 0. The highest BCUT2D eigenvalue weighted by Crippen LogP contribution is 2.21. The molecule has 0 aromatic heterocycles. The Kier molecular flexibility index (Phi) is 5.01. The van der Waals surface area contributed by atoms with Crippen molar-refractivity contribution in [3.8, 4) is 0 Å². The van der Waals surface area contributed by atoms with Gasteiger partial charge in [-0.25, -0.2) is 0 Å². The fraction of sp³-hybridized carbons (Fsp3) is 0.900. The van der Waals surface area contributed by atoms with E-state index in [9.17, 15) is 9.90 Å². The van der Waals surface area contributed by atoms with Crippen LogP contribution in [-0.2, 0) is 14.3 Å². The summed E-state index contributed by atoms with van der Waals surface area (Å²) in [5, 5.41) is 18.2. The molecule has 0 aromatic rings. The van der Waals surface area contributed by atoms with Crippen LogP contribution in [0.5, 0.6) is 0 Å². The molecule has 0 bridgehead atoms. The first-order valence-corrected chi connectivity index (χ1v) is 5.29. The number of hydrogen-bond donors (Lipinski definition) is 2. The van der Waals surface area contributed by atoms with Gasteiger partial charge in [0.25, 0.3) is 0 Å². The molecule has 1 aliphatic rings. The third kappa shape index (κ3) is 4.15. The number of ether oxygens (including phenoxy) is 2. The maximum atomic E-state index is 11.2. The van der Waals surface area contributed by atoms with E-state index in [0.717, 1.165) is 6.42 Å². The van der Waals surface area contributed by atoms with Crippen LogP contribution in [0.3, 0.4) is 0 Å². The van der Waals surface area contributed by atoms with Gasteiger partial charge in [-0.05, 0) is 6.42 Å². The molecule has 0 aromatic carbocycles. The lowest BCUT2D eigenvalue weighted by Crippen LogP contribution is -2.39. The lowest BCUT2D eigenvalue weighted by molar-refractivity contribution is -0.206. The van der Waals surface area contributed by atoms with E-state index in [-0.39, 0.29) is 25.1 Å². The van der Waals surface area contributed by atoms with Gasteiger partial charge in [-0.1, -0.05) is 6.92 Å². The van der Waals surface area contributed by atoms with Crippen LogP contribution < -0.4 is 0 Å². The van der Waals surface area contributed by atoms with Crippen molar-refractivity contribution in [2.24, 2.45) is 0 Å². The van der Waals surface area contributed by atoms with Gasteiger partial charge < -0.3 is 19.7 Å². The molecule has 0 amide bonds. The second-order valence-electron chi connectivity index (χ2n) is 3.73. The van der Waals surface area contributed by atoms with Gasteiger partial charge >= 0.3 is 5.97 Å². The van der Waals surface area contributed by atoms with Gasteiger partial charge in [0, 0.05) is 19.3 Å². The summed E-state index contributed by atoms with van der Waals surface area (Å²) < 4.78 is 10.2. The Labute approximate surface area is 89.0 Å². The quantitative estimate of drug-likeness (QED) is 0.659. The monoisotopic (exact) mass is 218 g/mol. The SMILES string of the molecule is CCCC(=O)O[C@@H]1CC(O)OC(CO)C1. The van der Waals surface area contributed by atoms with E-state index < -0.39 is 12.4 Å². The molecule has 1 rings (SSSR count). The highest BCUT2D eigenvalue weighted by atomic mass is 16.6. The third-order valence-corrected chi connectivity index (χ3v) is 2.30. The summed E-state index contributed by atoms with van der Waals surface area (Å²) in [5.41, 5.74) is 0. The molecule has 2 N–H and O–H groups in total. The smallest absolute Gasteiger partial charge is 0.306 e. The zero-order chi connectivity index (χ0) is 11.3. The largest absolute Gasteiger partial charge is 0.462 e. The highest BCUT2D eigenvalue weighted by Gasteiger charge is 2.30. The molecule has 3 atom stereocenters. The number of rotatable bonds is 4. The molecule has 1 fully saturated rings. The van der Waals surface area contributed by atoms with Crippen molar-refractivity contribution in [2.75, 3.05) is 6.61 Å². The number of hydrogen-bond acceptors (Lipinski definition) is 5. The van der Waals surface area contributed by atoms with Gasteiger partial charge in [-0.3, -0.25) is 4.79 Å². The Bertz CT molecular complexity index is 206. The van der Waals surface area contributed by atoms with E-state index in [1.807, 2.05) is 6.92 Å². The zero-order valence-electron chi connectivity index (χ0n) is 8.89. The van der Waals surface area contributed by atoms with Crippen molar-refractivity contribution in [2.45, 2.75) is 51.1 Å². The molecule has 15 heavy (non-hydrogen) atoms. The first-order valence-electron chi connectivity index (χ1n) is 5.29. The molecular formula is C10H18O5. The van der Waals surface area contributed by atoms with E-state index in [4.69, 9.17) is 14.6 Å². The van der Waals surface area contributed by atoms with Crippen molar-refractivity contribution in [1.29, 1.82) is 0 Å². The van der Waals surface area contributed by atoms with Crippen LogP contribution in [0.4, 0.5) is 0 Å². The summed E-state index contributed by atoms with van der Waals surface area (Å²) in [6.45, 7) is 1.73. The molecule has 2 unspecified atom stereocenters. The highest BCUT2D eigenvalue weighted by molar-refractivity contribution is 5.69. The van der Waals surface area contributed by atoms with Crippen LogP contribution in [-0.4, -0.2) is 41.3 Å².